The molecule has 1 aromatic heterocycles. The molecular formula is C26H19FN2O4S. The number of methoxy groups -OCH3 is 1. The van der Waals surface area contributed by atoms with Gasteiger partial charge in [-0.25, -0.2) is 9.37 Å². The van der Waals surface area contributed by atoms with E-state index in [2.05, 4.69) is 4.98 Å². The molecule has 1 saturated heterocycles. The van der Waals surface area contributed by atoms with Crippen molar-refractivity contribution in [1.29, 1.82) is 0 Å². The monoisotopic (exact) mass is 474 g/mol. The van der Waals surface area contributed by atoms with Gasteiger partial charge >= 0.3 is 5.91 Å². The van der Waals surface area contributed by atoms with E-state index in [-0.39, 0.29) is 11.3 Å². The zero-order chi connectivity index (χ0) is 24.0. The molecule has 170 valence electrons. The number of nitrogens with zero attached hydrogens (tertiary/aromatic N) is 2. The van der Waals surface area contributed by atoms with Crippen LogP contribution >= 0.6 is 11.3 Å². The average Bonchev–Trinajstić information content (AvgIpc) is 3.36. The third-order valence-corrected chi connectivity index (χ3v) is 6.73. The highest BCUT2D eigenvalue weighted by atomic mass is 32.1. The van der Waals surface area contributed by atoms with Crippen LogP contribution in [0.4, 0.5) is 9.52 Å². The number of thiazole rings is 1. The summed E-state index contributed by atoms with van der Waals surface area (Å²) < 4.78 is 20.2. The second kappa shape index (κ2) is 8.39. The Kier molecular flexibility index (Phi) is 5.37. The predicted molar refractivity (Wildman–Crippen MR) is 129 cm³/mol. The van der Waals surface area contributed by atoms with Crippen LogP contribution in [0.1, 0.15) is 22.7 Å². The van der Waals surface area contributed by atoms with Crippen molar-refractivity contribution in [2.24, 2.45) is 0 Å². The van der Waals surface area contributed by atoms with Crippen molar-refractivity contribution < 1.29 is 23.8 Å². The Morgan fingerprint density at radius 2 is 1.85 bits per heavy atom. The van der Waals surface area contributed by atoms with E-state index in [4.69, 9.17) is 4.74 Å². The summed E-state index contributed by atoms with van der Waals surface area (Å²) in [6.07, 6.45) is 0. The smallest absolute Gasteiger partial charge is 0.301 e. The van der Waals surface area contributed by atoms with Gasteiger partial charge in [0.2, 0.25) is 0 Å². The van der Waals surface area contributed by atoms with Crippen LogP contribution in [-0.2, 0) is 9.59 Å². The number of hydrogen-bond donors (Lipinski definition) is 1. The number of aromatic nitrogens is 1. The SMILES string of the molecule is COc1ccc(C(O)=C2C(=O)C(=O)N(c3nc4ccc(C)cc4s3)C2c2cccc(F)c2)cc1. The van der Waals surface area contributed by atoms with Gasteiger partial charge in [0, 0.05) is 5.56 Å². The number of ketones is 1. The summed E-state index contributed by atoms with van der Waals surface area (Å²) in [5, 5.41) is 11.4. The molecule has 34 heavy (non-hydrogen) atoms. The van der Waals surface area contributed by atoms with Crippen molar-refractivity contribution in [3.05, 3.63) is 94.8 Å². The van der Waals surface area contributed by atoms with Gasteiger partial charge in [-0.2, -0.15) is 0 Å². The van der Waals surface area contributed by atoms with Crippen molar-refractivity contribution in [3.8, 4) is 5.75 Å². The maximum atomic E-state index is 14.2. The van der Waals surface area contributed by atoms with Gasteiger partial charge in [-0.15, -0.1) is 0 Å². The lowest BCUT2D eigenvalue weighted by Gasteiger charge is -2.23. The number of carbonyl (C=O) groups is 2. The van der Waals surface area contributed by atoms with Crippen molar-refractivity contribution in [3.63, 3.8) is 0 Å². The van der Waals surface area contributed by atoms with Gasteiger partial charge in [0.05, 0.1) is 28.9 Å². The van der Waals surface area contributed by atoms with E-state index in [1.54, 1.807) is 30.3 Å². The van der Waals surface area contributed by atoms with Crippen LogP contribution in [0, 0.1) is 12.7 Å². The number of carbonyl (C=O) groups excluding carboxylic acids is 2. The van der Waals surface area contributed by atoms with E-state index in [1.807, 2.05) is 25.1 Å². The molecule has 1 aliphatic rings. The third kappa shape index (κ3) is 3.62. The summed E-state index contributed by atoms with van der Waals surface area (Å²) in [5.41, 5.74) is 2.27. The normalized spacial score (nSPS) is 17.5. The van der Waals surface area contributed by atoms with E-state index in [0.29, 0.717) is 27.5 Å². The first-order chi connectivity index (χ1) is 16.4. The van der Waals surface area contributed by atoms with Gasteiger partial charge in [-0.05, 0) is 66.6 Å². The highest BCUT2D eigenvalue weighted by Crippen LogP contribution is 2.44. The van der Waals surface area contributed by atoms with Gasteiger partial charge in [0.15, 0.2) is 5.13 Å². The molecule has 8 heteroatoms. The number of aryl methyl sites for hydroxylation is 1. The first-order valence-corrected chi connectivity index (χ1v) is 11.3. The second-order valence-corrected chi connectivity index (χ2v) is 8.93. The average molecular weight is 475 g/mol. The van der Waals surface area contributed by atoms with Gasteiger partial charge in [-0.3, -0.25) is 14.5 Å². The molecule has 0 spiro atoms. The van der Waals surface area contributed by atoms with Gasteiger partial charge in [0.25, 0.3) is 5.78 Å². The molecule has 0 aliphatic carbocycles. The van der Waals surface area contributed by atoms with Crippen LogP contribution in [0.3, 0.4) is 0 Å². The largest absolute Gasteiger partial charge is 0.507 e. The summed E-state index contributed by atoms with van der Waals surface area (Å²) in [6.45, 7) is 1.95. The summed E-state index contributed by atoms with van der Waals surface area (Å²) >= 11 is 1.26. The highest BCUT2D eigenvalue weighted by molar-refractivity contribution is 7.22. The maximum absolute atomic E-state index is 14.2. The number of aliphatic hydroxyl groups is 1. The molecule has 2 heterocycles. The van der Waals surface area contributed by atoms with E-state index < -0.39 is 23.5 Å². The Bertz CT molecular complexity index is 1480. The van der Waals surface area contributed by atoms with Crippen LogP contribution in [-0.4, -0.2) is 28.9 Å². The number of anilines is 1. The fraction of sp³-hybridized carbons (Fsp3) is 0.115. The molecular weight excluding hydrogens is 455 g/mol. The summed E-state index contributed by atoms with van der Waals surface area (Å²) in [6, 6.07) is 16.8. The molecule has 1 aliphatic heterocycles. The molecule has 0 saturated carbocycles. The topological polar surface area (TPSA) is 79.7 Å². The van der Waals surface area contributed by atoms with Crippen LogP contribution in [0.2, 0.25) is 0 Å². The minimum atomic E-state index is -1.04. The lowest BCUT2D eigenvalue weighted by Crippen LogP contribution is -2.29. The predicted octanol–water partition coefficient (Wildman–Crippen LogP) is 5.38. The fourth-order valence-corrected chi connectivity index (χ4v) is 5.14. The minimum Gasteiger partial charge on any atom is -0.507 e. The lowest BCUT2D eigenvalue weighted by molar-refractivity contribution is -0.132. The van der Waals surface area contributed by atoms with Crippen LogP contribution < -0.4 is 9.64 Å². The number of Topliss-reactive ketones (excluding diaryl/α,β-unsaturated/α-hetero) is 1. The second-order valence-electron chi connectivity index (χ2n) is 7.92. The van der Waals surface area contributed by atoms with Gasteiger partial charge in [-0.1, -0.05) is 29.5 Å². The fourth-order valence-electron chi connectivity index (χ4n) is 4.05. The molecule has 4 aromatic rings. The first kappa shape index (κ1) is 21.8. The molecule has 3 aromatic carbocycles. The Labute approximate surface area is 198 Å². The van der Waals surface area contributed by atoms with Crippen molar-refractivity contribution in [2.45, 2.75) is 13.0 Å². The Hall–Kier alpha value is -4.04. The molecule has 6 nitrogen and oxygen atoms in total. The molecule has 5 rings (SSSR count). The van der Waals surface area contributed by atoms with Crippen molar-refractivity contribution >= 4 is 44.1 Å². The zero-order valence-corrected chi connectivity index (χ0v) is 19.1. The molecule has 1 fully saturated rings. The molecule has 1 unspecified atom stereocenters. The van der Waals surface area contributed by atoms with Gasteiger partial charge in [0.1, 0.15) is 17.3 Å². The molecule has 1 amide bonds. The van der Waals surface area contributed by atoms with Crippen molar-refractivity contribution in [2.75, 3.05) is 12.0 Å². The summed E-state index contributed by atoms with van der Waals surface area (Å²) in [7, 11) is 1.52. The highest BCUT2D eigenvalue weighted by Gasteiger charge is 2.48. The Balaban J connectivity index is 1.72. The number of fused-ring (bicyclic) bond motifs is 1. The molecule has 0 bridgehead atoms. The molecule has 0 radical (unpaired) electrons. The molecule has 1 atom stereocenters. The first-order valence-electron chi connectivity index (χ1n) is 10.5. The number of halogens is 1. The number of ether oxygens (including phenoxy) is 1. The number of amides is 1. The standard InChI is InChI=1S/C26H19FN2O4S/c1-14-6-11-19-20(12-14)34-26(28-19)29-22(16-4-3-5-17(27)13-16)21(24(31)25(29)32)23(30)15-7-9-18(33-2)10-8-15/h3-13,22,30H,1-2H3. The quantitative estimate of drug-likeness (QED) is 0.244. The number of benzene rings is 3. The summed E-state index contributed by atoms with van der Waals surface area (Å²) in [4.78, 5) is 32.3. The minimum absolute atomic E-state index is 0.129. The van der Waals surface area contributed by atoms with E-state index in [9.17, 15) is 19.1 Å². The van der Waals surface area contributed by atoms with Gasteiger partial charge < -0.3 is 9.84 Å². The van der Waals surface area contributed by atoms with Crippen LogP contribution in [0.25, 0.3) is 16.0 Å². The maximum Gasteiger partial charge on any atom is 0.301 e. The number of hydrogen-bond acceptors (Lipinski definition) is 6. The number of aliphatic hydroxyl groups excluding tert-OH is 1. The van der Waals surface area contributed by atoms with Crippen LogP contribution in [0.5, 0.6) is 5.75 Å². The van der Waals surface area contributed by atoms with E-state index in [1.165, 1.54) is 41.5 Å². The van der Waals surface area contributed by atoms with Crippen LogP contribution in [0.15, 0.2) is 72.3 Å². The third-order valence-electron chi connectivity index (χ3n) is 5.71. The lowest BCUT2D eigenvalue weighted by atomic mass is 9.95. The summed E-state index contributed by atoms with van der Waals surface area (Å²) in [5.74, 6) is -2.00. The Morgan fingerprint density at radius 1 is 1.09 bits per heavy atom. The number of rotatable bonds is 4. The van der Waals surface area contributed by atoms with E-state index >= 15 is 0 Å². The van der Waals surface area contributed by atoms with Crippen molar-refractivity contribution in [1.82, 2.24) is 4.98 Å². The molecule has 1 N–H and O–H groups in total. The zero-order valence-electron chi connectivity index (χ0n) is 18.3. The van der Waals surface area contributed by atoms with E-state index in [0.717, 1.165) is 10.3 Å². The Morgan fingerprint density at radius 3 is 2.56 bits per heavy atom.